The van der Waals surface area contributed by atoms with Crippen molar-refractivity contribution in [2.45, 2.75) is 12.8 Å². The first kappa shape index (κ1) is 15.8. The van der Waals surface area contributed by atoms with Gasteiger partial charge >= 0.3 is 5.97 Å². The molecule has 1 atom stereocenters. The van der Waals surface area contributed by atoms with Gasteiger partial charge in [0.15, 0.2) is 0 Å². The number of aliphatic carboxylic acids is 1. The maximum Gasteiger partial charge on any atom is 0.308 e. The second-order valence-electron chi connectivity index (χ2n) is 5.08. The lowest BCUT2D eigenvalue weighted by Gasteiger charge is -2.27. The Morgan fingerprint density at radius 3 is 2.62 bits per heavy atom. The first-order valence-corrected chi connectivity index (χ1v) is 7.30. The fourth-order valence-corrected chi connectivity index (χ4v) is 2.74. The van der Waals surface area contributed by atoms with Gasteiger partial charge in [0.05, 0.1) is 16.5 Å². The predicted octanol–water partition coefficient (Wildman–Crippen LogP) is 2.20. The van der Waals surface area contributed by atoms with Crippen LogP contribution in [-0.4, -0.2) is 36.7 Å². The Labute approximate surface area is 128 Å². The van der Waals surface area contributed by atoms with E-state index in [-0.39, 0.29) is 18.4 Å². The first-order valence-electron chi connectivity index (χ1n) is 6.93. The Hall–Kier alpha value is -1.59. The lowest BCUT2D eigenvalue weighted by molar-refractivity contribution is -0.144. The lowest BCUT2D eigenvalue weighted by atomic mass is 9.86. The smallest absolute Gasteiger partial charge is 0.308 e. The third kappa shape index (κ3) is 4.19. The summed E-state index contributed by atoms with van der Waals surface area (Å²) in [6.07, 6.45) is 1.41. The van der Waals surface area contributed by atoms with E-state index in [4.69, 9.17) is 16.3 Å². The number of nitrogens with one attached hydrogen (secondary N) is 1. The Kier molecular flexibility index (Phi) is 5.59. The number of carbonyl (C=O) groups excluding carboxylic acids is 1. The number of hydrogen-bond donors (Lipinski definition) is 2. The van der Waals surface area contributed by atoms with Crippen LogP contribution in [0.4, 0.5) is 0 Å². The number of ether oxygens (including phenoxy) is 1. The van der Waals surface area contributed by atoms with Crippen molar-refractivity contribution in [1.29, 1.82) is 0 Å². The molecule has 1 aromatic rings. The van der Waals surface area contributed by atoms with E-state index in [2.05, 4.69) is 5.32 Å². The average Bonchev–Trinajstić information content (AvgIpc) is 2.48. The van der Waals surface area contributed by atoms with Gasteiger partial charge < -0.3 is 15.2 Å². The molecule has 1 heterocycles. The molecule has 1 aromatic carbocycles. The molecule has 2 N–H and O–H groups in total. The molecule has 5 nitrogen and oxygen atoms in total. The molecular weight excluding hydrogens is 294 g/mol. The van der Waals surface area contributed by atoms with E-state index < -0.39 is 11.9 Å². The molecule has 21 heavy (non-hydrogen) atoms. The van der Waals surface area contributed by atoms with Crippen molar-refractivity contribution < 1.29 is 19.4 Å². The first-order chi connectivity index (χ1) is 10.1. The summed E-state index contributed by atoms with van der Waals surface area (Å²) in [6, 6.07) is 6.70. The summed E-state index contributed by atoms with van der Waals surface area (Å²) < 4.78 is 5.24. The van der Waals surface area contributed by atoms with E-state index in [1.54, 1.807) is 24.3 Å². The third-order valence-electron chi connectivity index (χ3n) is 3.75. The van der Waals surface area contributed by atoms with Gasteiger partial charge in [0.2, 0.25) is 0 Å². The highest BCUT2D eigenvalue weighted by Gasteiger charge is 2.30. The molecule has 0 aromatic heterocycles. The van der Waals surface area contributed by atoms with Crippen molar-refractivity contribution in [3.8, 4) is 0 Å². The zero-order valence-electron chi connectivity index (χ0n) is 11.5. The molecule has 0 spiro atoms. The summed E-state index contributed by atoms with van der Waals surface area (Å²) in [7, 11) is 0. The molecule has 0 aliphatic carbocycles. The van der Waals surface area contributed by atoms with Gasteiger partial charge in [-0.15, -0.1) is 0 Å². The molecule has 1 amide bonds. The number of halogens is 1. The van der Waals surface area contributed by atoms with Crippen LogP contribution in [0.3, 0.4) is 0 Å². The normalized spacial score (nSPS) is 17.2. The summed E-state index contributed by atoms with van der Waals surface area (Å²) in [5.74, 6) is -1.80. The molecule has 2 rings (SSSR count). The second kappa shape index (κ2) is 7.43. The maximum atomic E-state index is 12.1. The van der Waals surface area contributed by atoms with E-state index >= 15 is 0 Å². The second-order valence-corrected chi connectivity index (χ2v) is 5.49. The molecule has 1 unspecified atom stereocenters. The van der Waals surface area contributed by atoms with Gasteiger partial charge in [-0.1, -0.05) is 23.7 Å². The van der Waals surface area contributed by atoms with Gasteiger partial charge in [-0.25, -0.2) is 0 Å². The minimum Gasteiger partial charge on any atom is -0.481 e. The minimum atomic E-state index is -0.888. The number of carboxylic acid groups (broad SMARTS) is 1. The SMILES string of the molecule is O=C(NCC(C(=O)O)C1CCOCC1)c1ccccc1Cl. The van der Waals surface area contributed by atoms with Crippen molar-refractivity contribution in [1.82, 2.24) is 5.32 Å². The van der Waals surface area contributed by atoms with Crippen molar-refractivity contribution >= 4 is 23.5 Å². The van der Waals surface area contributed by atoms with Crippen molar-refractivity contribution in [2.75, 3.05) is 19.8 Å². The van der Waals surface area contributed by atoms with E-state index in [9.17, 15) is 14.7 Å². The highest BCUT2D eigenvalue weighted by Crippen LogP contribution is 2.24. The van der Waals surface area contributed by atoms with Crippen LogP contribution in [0.15, 0.2) is 24.3 Å². The third-order valence-corrected chi connectivity index (χ3v) is 4.08. The van der Waals surface area contributed by atoms with Crippen molar-refractivity contribution in [3.63, 3.8) is 0 Å². The summed E-state index contributed by atoms with van der Waals surface area (Å²) in [6.45, 7) is 1.25. The monoisotopic (exact) mass is 311 g/mol. The number of amides is 1. The number of carboxylic acids is 1. The van der Waals surface area contributed by atoms with Crippen LogP contribution in [-0.2, 0) is 9.53 Å². The zero-order valence-corrected chi connectivity index (χ0v) is 12.3. The predicted molar refractivity (Wildman–Crippen MR) is 78.5 cm³/mol. The summed E-state index contributed by atoms with van der Waals surface area (Å²) in [4.78, 5) is 23.5. The summed E-state index contributed by atoms with van der Waals surface area (Å²) in [5, 5.41) is 12.4. The number of hydrogen-bond acceptors (Lipinski definition) is 3. The van der Waals surface area contributed by atoms with Crippen molar-refractivity contribution in [2.24, 2.45) is 11.8 Å². The van der Waals surface area contributed by atoms with Gasteiger partial charge in [-0.2, -0.15) is 0 Å². The Balaban J connectivity index is 1.97. The van der Waals surface area contributed by atoms with Gasteiger partial charge in [-0.05, 0) is 30.9 Å². The van der Waals surface area contributed by atoms with Gasteiger partial charge in [0, 0.05) is 19.8 Å². The standard InChI is InChI=1S/C15H18ClNO4/c16-13-4-2-1-3-11(13)14(18)17-9-12(15(19)20)10-5-7-21-8-6-10/h1-4,10,12H,5-9H2,(H,17,18)(H,19,20). The molecule has 0 radical (unpaired) electrons. The minimum absolute atomic E-state index is 0.0304. The van der Waals surface area contributed by atoms with Crippen LogP contribution in [0.5, 0.6) is 0 Å². The maximum absolute atomic E-state index is 12.1. The quantitative estimate of drug-likeness (QED) is 0.874. The fraction of sp³-hybridized carbons (Fsp3) is 0.467. The molecule has 1 saturated heterocycles. The van der Waals surface area contributed by atoms with E-state index in [0.717, 1.165) is 0 Å². The zero-order chi connectivity index (χ0) is 15.2. The topological polar surface area (TPSA) is 75.6 Å². The van der Waals surface area contributed by atoms with Crippen molar-refractivity contribution in [3.05, 3.63) is 34.9 Å². The van der Waals surface area contributed by atoms with Crippen LogP contribution < -0.4 is 5.32 Å². The van der Waals surface area contributed by atoms with Crippen LogP contribution in [0.1, 0.15) is 23.2 Å². The Bertz CT molecular complexity index is 514. The largest absolute Gasteiger partial charge is 0.481 e. The van der Waals surface area contributed by atoms with E-state index in [1.165, 1.54) is 0 Å². The van der Waals surface area contributed by atoms with Crippen LogP contribution in [0.2, 0.25) is 5.02 Å². The van der Waals surface area contributed by atoms with Gasteiger partial charge in [-0.3, -0.25) is 9.59 Å². The van der Waals surface area contributed by atoms with Crippen LogP contribution in [0, 0.1) is 11.8 Å². The molecule has 1 fully saturated rings. The number of carbonyl (C=O) groups is 2. The molecule has 114 valence electrons. The number of rotatable bonds is 5. The lowest BCUT2D eigenvalue weighted by Crippen LogP contribution is -2.39. The highest BCUT2D eigenvalue weighted by molar-refractivity contribution is 6.33. The van der Waals surface area contributed by atoms with Crippen LogP contribution in [0.25, 0.3) is 0 Å². The molecular formula is C15H18ClNO4. The molecule has 6 heteroatoms. The molecule has 0 bridgehead atoms. The van der Waals surface area contributed by atoms with Gasteiger partial charge in [0.25, 0.3) is 5.91 Å². The molecule has 1 aliphatic rings. The van der Waals surface area contributed by atoms with Gasteiger partial charge in [0.1, 0.15) is 0 Å². The van der Waals surface area contributed by atoms with E-state index in [1.807, 2.05) is 0 Å². The fourth-order valence-electron chi connectivity index (χ4n) is 2.52. The van der Waals surface area contributed by atoms with Crippen LogP contribution >= 0.6 is 11.6 Å². The molecule has 0 saturated carbocycles. The Morgan fingerprint density at radius 1 is 1.33 bits per heavy atom. The Morgan fingerprint density at radius 2 is 2.00 bits per heavy atom. The summed E-state index contributed by atoms with van der Waals surface area (Å²) >= 11 is 5.95. The molecule has 1 aliphatic heterocycles. The summed E-state index contributed by atoms with van der Waals surface area (Å²) in [5.41, 5.74) is 0.357. The number of benzene rings is 1. The highest BCUT2D eigenvalue weighted by atomic mass is 35.5. The average molecular weight is 312 g/mol. The van der Waals surface area contributed by atoms with E-state index in [0.29, 0.717) is 36.6 Å².